The fraction of sp³-hybridized carbons (Fsp3) is 0.250. The van der Waals surface area contributed by atoms with E-state index in [4.69, 9.17) is 5.73 Å². The number of nitrogens with two attached hydrogens (primary N) is 1. The minimum atomic E-state index is -5.08. The molecule has 6 nitrogen and oxygen atoms in total. The number of benzene rings is 3. The maximum absolute atomic E-state index is 13.5. The molecule has 1 unspecified atom stereocenters. The molecule has 1 aliphatic rings. The lowest BCUT2D eigenvalue weighted by molar-refractivity contribution is -0.143. The van der Waals surface area contributed by atoms with E-state index in [1.807, 2.05) is 0 Å². The Morgan fingerprint density at radius 2 is 1.55 bits per heavy atom. The van der Waals surface area contributed by atoms with Crippen molar-refractivity contribution in [3.05, 3.63) is 82.9 Å². The van der Waals surface area contributed by atoms with E-state index in [0.717, 1.165) is 4.90 Å². The van der Waals surface area contributed by atoms with E-state index in [1.165, 1.54) is 13.0 Å². The molecule has 3 N–H and O–H groups in total. The van der Waals surface area contributed by atoms with Crippen LogP contribution in [0.3, 0.4) is 0 Å². The number of halogens is 6. The summed E-state index contributed by atoms with van der Waals surface area (Å²) in [5.41, 5.74) is 4.74. The third-order valence-electron chi connectivity index (χ3n) is 6.58. The molecule has 3 aromatic rings. The van der Waals surface area contributed by atoms with Crippen molar-refractivity contribution < 1.29 is 40.7 Å². The number of fused-ring (bicyclic) bond motifs is 3. The van der Waals surface area contributed by atoms with Gasteiger partial charge in [0, 0.05) is 11.3 Å². The zero-order chi connectivity index (χ0) is 29.6. The van der Waals surface area contributed by atoms with E-state index in [9.17, 15) is 40.7 Å². The zero-order valence-electron chi connectivity index (χ0n) is 21.2. The predicted molar refractivity (Wildman–Crippen MR) is 135 cm³/mol. The Labute approximate surface area is 224 Å². The highest BCUT2D eigenvalue weighted by molar-refractivity contribution is 6.22. The number of hydrogen-bond acceptors (Lipinski definition) is 4. The molecule has 0 fully saturated rings. The smallest absolute Gasteiger partial charge is 0.398 e. The molecule has 0 bridgehead atoms. The molecule has 4 rings (SSSR count). The van der Waals surface area contributed by atoms with Crippen LogP contribution in [0, 0.1) is 0 Å². The second kappa shape index (κ2) is 10.3. The number of nitrogen functional groups attached to an aromatic ring is 1. The van der Waals surface area contributed by atoms with Crippen molar-refractivity contribution in [1.82, 2.24) is 5.32 Å². The minimum absolute atomic E-state index is 0.0408. The van der Waals surface area contributed by atoms with E-state index < -0.39 is 65.1 Å². The molecule has 0 spiro atoms. The molecule has 1 aliphatic heterocycles. The van der Waals surface area contributed by atoms with Crippen molar-refractivity contribution in [1.29, 1.82) is 0 Å². The molecule has 0 radical (unpaired) electrons. The van der Waals surface area contributed by atoms with Crippen LogP contribution in [0.4, 0.5) is 37.7 Å². The average molecular weight is 563 g/mol. The van der Waals surface area contributed by atoms with Gasteiger partial charge in [-0.25, -0.2) is 4.90 Å². The molecule has 0 aromatic heterocycles. The third-order valence-corrected chi connectivity index (χ3v) is 6.58. The summed E-state index contributed by atoms with van der Waals surface area (Å²) in [6, 6.07) is 11.1. The van der Waals surface area contributed by atoms with Gasteiger partial charge in [0.25, 0.3) is 5.91 Å². The lowest BCUT2D eigenvalue weighted by Crippen LogP contribution is -2.50. The van der Waals surface area contributed by atoms with E-state index in [1.54, 1.807) is 43.3 Å². The van der Waals surface area contributed by atoms with Gasteiger partial charge in [0.2, 0.25) is 11.8 Å². The number of nitrogens with one attached hydrogen (secondary N) is 1. The van der Waals surface area contributed by atoms with Crippen LogP contribution in [-0.4, -0.2) is 23.8 Å². The second-order valence-electron chi connectivity index (χ2n) is 9.44. The van der Waals surface area contributed by atoms with Crippen LogP contribution in [0.2, 0.25) is 0 Å². The quantitative estimate of drug-likeness (QED) is 0.315. The van der Waals surface area contributed by atoms with Gasteiger partial charge in [0.15, 0.2) is 0 Å². The van der Waals surface area contributed by atoms with Gasteiger partial charge in [0.1, 0.15) is 6.04 Å². The standard InChI is InChI=1S/C28H23F6N3O3/c1-14-19-6-3-4-7-20(19)24-21(35)8-5-9-22(24)37(25(14)39)26(40)15(2)36-23(38)12-16-10-17(27(29,30)31)13-18(11-16)28(32,33)34/h3-11,13-15H,12,35H2,1-2H3,(H,36,38)/t14?,15-/m0/s1. The van der Waals surface area contributed by atoms with Gasteiger partial charge in [-0.1, -0.05) is 30.3 Å². The van der Waals surface area contributed by atoms with E-state index in [-0.39, 0.29) is 11.8 Å². The van der Waals surface area contributed by atoms with Crippen molar-refractivity contribution in [2.45, 2.75) is 44.6 Å². The third kappa shape index (κ3) is 5.51. The van der Waals surface area contributed by atoms with Crippen molar-refractivity contribution in [2.24, 2.45) is 0 Å². The monoisotopic (exact) mass is 563 g/mol. The Morgan fingerprint density at radius 1 is 0.950 bits per heavy atom. The van der Waals surface area contributed by atoms with Crippen LogP contribution in [0.25, 0.3) is 11.1 Å². The number of carbonyl (C=O) groups is 3. The highest BCUT2D eigenvalue weighted by atomic mass is 19.4. The maximum atomic E-state index is 13.5. The number of alkyl halides is 6. The van der Waals surface area contributed by atoms with Crippen LogP contribution in [-0.2, 0) is 33.2 Å². The molecule has 0 saturated heterocycles. The number of carbonyl (C=O) groups excluding carboxylic acids is 3. The van der Waals surface area contributed by atoms with Crippen molar-refractivity contribution in [3.63, 3.8) is 0 Å². The summed E-state index contributed by atoms with van der Waals surface area (Å²) in [4.78, 5) is 40.6. The molecule has 12 heteroatoms. The zero-order valence-corrected chi connectivity index (χ0v) is 21.2. The first-order valence-electron chi connectivity index (χ1n) is 12.0. The highest BCUT2D eigenvalue weighted by Crippen LogP contribution is 2.44. The lowest BCUT2D eigenvalue weighted by Gasteiger charge is -2.26. The van der Waals surface area contributed by atoms with Crippen LogP contribution in [0.5, 0.6) is 0 Å². The average Bonchev–Trinajstić information content (AvgIpc) is 2.96. The van der Waals surface area contributed by atoms with Gasteiger partial charge >= 0.3 is 12.4 Å². The predicted octanol–water partition coefficient (Wildman–Crippen LogP) is 5.70. The second-order valence-corrected chi connectivity index (χ2v) is 9.44. The fourth-order valence-corrected chi connectivity index (χ4v) is 4.67. The van der Waals surface area contributed by atoms with Gasteiger partial charge in [-0.05, 0) is 60.9 Å². The topological polar surface area (TPSA) is 92.5 Å². The maximum Gasteiger partial charge on any atom is 0.416 e. The molecule has 210 valence electrons. The number of amides is 3. The highest BCUT2D eigenvalue weighted by Gasteiger charge is 2.39. The summed E-state index contributed by atoms with van der Waals surface area (Å²) in [7, 11) is 0. The molecule has 40 heavy (non-hydrogen) atoms. The fourth-order valence-electron chi connectivity index (χ4n) is 4.67. The molecular weight excluding hydrogens is 540 g/mol. The summed E-state index contributed by atoms with van der Waals surface area (Å²) < 4.78 is 79.1. The molecule has 1 heterocycles. The van der Waals surface area contributed by atoms with Crippen molar-refractivity contribution in [3.8, 4) is 11.1 Å². The van der Waals surface area contributed by atoms with Gasteiger partial charge in [-0.15, -0.1) is 0 Å². The number of anilines is 2. The van der Waals surface area contributed by atoms with E-state index in [2.05, 4.69) is 5.32 Å². The van der Waals surface area contributed by atoms with Crippen molar-refractivity contribution >= 4 is 29.1 Å². The van der Waals surface area contributed by atoms with Crippen molar-refractivity contribution in [2.75, 3.05) is 10.6 Å². The summed E-state index contributed by atoms with van der Waals surface area (Å²) >= 11 is 0. The van der Waals surface area contributed by atoms with Crippen LogP contribution < -0.4 is 16.0 Å². The summed E-state index contributed by atoms with van der Waals surface area (Å²) in [6.07, 6.45) is -11.0. The first-order chi connectivity index (χ1) is 18.6. The first-order valence-corrected chi connectivity index (χ1v) is 12.0. The van der Waals surface area contributed by atoms with Gasteiger partial charge in [0.05, 0.1) is 29.2 Å². The number of rotatable bonds is 4. The Hall–Kier alpha value is -4.35. The minimum Gasteiger partial charge on any atom is -0.398 e. The Bertz CT molecular complexity index is 1470. The summed E-state index contributed by atoms with van der Waals surface area (Å²) in [5, 5.41) is 2.29. The van der Waals surface area contributed by atoms with Gasteiger partial charge < -0.3 is 11.1 Å². The molecule has 3 amide bonds. The number of hydrogen-bond donors (Lipinski definition) is 2. The first kappa shape index (κ1) is 28.7. The molecule has 0 saturated carbocycles. The van der Waals surface area contributed by atoms with Crippen LogP contribution in [0.15, 0.2) is 60.7 Å². The SMILES string of the molecule is CC1C(=O)N(C(=O)[C@H](C)NC(=O)Cc2cc(C(F)(F)F)cc(C(F)(F)F)c2)c2cccc(N)c2-c2ccccc21. The molecule has 3 aromatic carbocycles. The van der Waals surface area contributed by atoms with Crippen LogP contribution in [0.1, 0.15) is 42.0 Å². The normalized spacial score (nSPS) is 16.1. The molecule has 0 aliphatic carbocycles. The Morgan fingerprint density at radius 3 is 2.15 bits per heavy atom. The van der Waals surface area contributed by atoms with Crippen LogP contribution >= 0.6 is 0 Å². The Balaban J connectivity index is 1.62. The Kier molecular flexibility index (Phi) is 7.39. The summed E-state index contributed by atoms with van der Waals surface area (Å²) in [5.74, 6) is -3.25. The largest absolute Gasteiger partial charge is 0.416 e. The van der Waals surface area contributed by atoms with E-state index in [0.29, 0.717) is 34.5 Å². The molecular formula is C28H23F6N3O3. The number of imide groups is 1. The lowest BCUT2D eigenvalue weighted by atomic mass is 9.92. The van der Waals surface area contributed by atoms with Gasteiger partial charge in [-0.2, -0.15) is 26.3 Å². The number of nitrogens with zero attached hydrogens (tertiary/aromatic N) is 1. The summed E-state index contributed by atoms with van der Waals surface area (Å²) in [6.45, 7) is 2.87. The van der Waals surface area contributed by atoms with Gasteiger partial charge in [-0.3, -0.25) is 14.4 Å². The molecule has 2 atom stereocenters. The van der Waals surface area contributed by atoms with E-state index >= 15 is 0 Å².